The minimum Gasteiger partial charge on any atom is -0.452 e. The number of hydrogen-bond acceptors (Lipinski definition) is 6. The molecule has 0 amide bonds. The second-order valence-electron chi connectivity index (χ2n) is 13.2. The van der Waals surface area contributed by atoms with Crippen LogP contribution in [0, 0.1) is 0 Å². The van der Waals surface area contributed by atoms with Crippen molar-refractivity contribution in [1.82, 2.24) is 8.88 Å². The molecule has 0 aromatic heterocycles. The standard InChI is InChI=1S/C33H46N4O3S2/c1-9-11-12-36(13-14-41)42(38,39)21-23-20-33(6,7)37(10-2)29-18-31-27(16-25(23)29)34-26-15-24-22(3)19-32(4,5)35(8)28(24)17-30(26)40-31/h15-18,20,22H,9-14,19,21H2,1-8H3/p+1. The molecule has 1 atom stereocenters. The Morgan fingerprint density at radius 1 is 1.12 bits per heavy atom. The summed E-state index contributed by atoms with van der Waals surface area (Å²) in [6.45, 7) is 17.0. The molecule has 2 aromatic carbocycles. The Bertz CT molecular complexity index is 1660. The van der Waals surface area contributed by atoms with Crippen LogP contribution < -0.4 is 24.9 Å². The molecule has 2 aromatic rings. The second-order valence-corrected chi connectivity index (χ2v) is 15.6. The number of unbranched alkanes of at least 4 members (excludes halogenated alkanes) is 1. The molecule has 42 heavy (non-hydrogen) atoms. The molecule has 3 heterocycles. The largest absolute Gasteiger partial charge is 0.452 e. The minimum absolute atomic E-state index is 0.0537. The number of thiol groups is 1. The lowest BCUT2D eigenvalue weighted by Gasteiger charge is -2.45. The topological polar surface area (TPSA) is 65.2 Å². The van der Waals surface area contributed by atoms with Gasteiger partial charge in [0.2, 0.25) is 15.4 Å². The lowest BCUT2D eigenvalue weighted by Crippen LogP contribution is -2.50. The summed E-state index contributed by atoms with van der Waals surface area (Å²) < 4.78 is 38.0. The summed E-state index contributed by atoms with van der Waals surface area (Å²) in [5.74, 6) is 2.30. The van der Waals surface area contributed by atoms with Crippen molar-refractivity contribution < 1.29 is 13.2 Å². The highest BCUT2D eigenvalue weighted by Crippen LogP contribution is 2.48. The van der Waals surface area contributed by atoms with Gasteiger partial charge in [-0.25, -0.2) is 22.3 Å². The highest BCUT2D eigenvalue weighted by Gasteiger charge is 2.38. The summed E-state index contributed by atoms with van der Waals surface area (Å²) in [7, 11) is -1.39. The average Bonchev–Trinajstić information content (AvgIpc) is 2.90. The molecule has 228 valence electrons. The quantitative estimate of drug-likeness (QED) is 0.256. The van der Waals surface area contributed by atoms with Gasteiger partial charge in [0.05, 0.1) is 17.4 Å². The first-order valence-electron chi connectivity index (χ1n) is 15.3. The van der Waals surface area contributed by atoms with Crippen LogP contribution in [0.5, 0.6) is 11.5 Å². The molecule has 0 saturated carbocycles. The predicted octanol–water partition coefficient (Wildman–Crippen LogP) is 5.51. The third-order valence-corrected chi connectivity index (χ3v) is 11.3. The van der Waals surface area contributed by atoms with Crippen molar-refractivity contribution >= 4 is 39.6 Å². The van der Waals surface area contributed by atoms with Crippen molar-refractivity contribution in [3.63, 3.8) is 0 Å². The van der Waals surface area contributed by atoms with Gasteiger partial charge in [0.1, 0.15) is 17.6 Å². The number of hydrogen-bond donors (Lipinski definition) is 1. The first kappa shape index (κ1) is 31.1. The van der Waals surface area contributed by atoms with Crippen LogP contribution in [0.3, 0.4) is 0 Å². The van der Waals surface area contributed by atoms with Crippen LogP contribution in [0.15, 0.2) is 35.3 Å². The van der Waals surface area contributed by atoms with E-state index in [1.165, 1.54) is 11.3 Å². The maximum Gasteiger partial charge on any atom is 0.218 e. The predicted molar refractivity (Wildman–Crippen MR) is 177 cm³/mol. The molecule has 0 aliphatic carbocycles. The van der Waals surface area contributed by atoms with Gasteiger partial charge in [-0.1, -0.05) is 20.3 Å². The molecule has 5 rings (SSSR count). The molecule has 7 nitrogen and oxygen atoms in total. The molecule has 0 bridgehead atoms. The summed E-state index contributed by atoms with van der Waals surface area (Å²) in [6.07, 6.45) is 4.95. The SMILES string of the molecule is CCCCN(CCS)S(=O)(=O)CC1=CC(C)(C)[N+](CC)=c2cc3c(cc21)=Nc1cc2c(cc1O3)N(C)C(C)(C)CC2C. The van der Waals surface area contributed by atoms with Gasteiger partial charge in [-0.05, 0) is 68.9 Å². The van der Waals surface area contributed by atoms with Crippen LogP contribution in [0.1, 0.15) is 84.8 Å². The summed E-state index contributed by atoms with van der Waals surface area (Å²) in [6, 6.07) is 8.40. The summed E-state index contributed by atoms with van der Waals surface area (Å²) >= 11 is 4.35. The maximum atomic E-state index is 13.7. The fourth-order valence-corrected chi connectivity index (χ4v) is 8.89. The molecule has 3 aliphatic rings. The van der Waals surface area contributed by atoms with E-state index in [0.717, 1.165) is 59.1 Å². The zero-order valence-corrected chi connectivity index (χ0v) is 28.2. The number of benzene rings is 2. The zero-order valence-electron chi connectivity index (χ0n) is 26.5. The molecule has 0 fully saturated rings. The van der Waals surface area contributed by atoms with E-state index in [4.69, 9.17) is 9.73 Å². The average molecular weight is 612 g/mol. The molecule has 0 N–H and O–H groups in total. The molecule has 3 aliphatic heterocycles. The van der Waals surface area contributed by atoms with E-state index in [9.17, 15) is 8.42 Å². The van der Waals surface area contributed by atoms with Crippen molar-refractivity contribution in [1.29, 1.82) is 0 Å². The highest BCUT2D eigenvalue weighted by atomic mass is 32.2. The van der Waals surface area contributed by atoms with Crippen LogP contribution in [0.2, 0.25) is 0 Å². The Kier molecular flexibility index (Phi) is 8.35. The van der Waals surface area contributed by atoms with Gasteiger partial charge in [-0.3, -0.25) is 0 Å². The Labute approximate surface area is 257 Å². The Hall–Kier alpha value is -2.36. The van der Waals surface area contributed by atoms with Gasteiger partial charge in [0.25, 0.3) is 0 Å². The summed E-state index contributed by atoms with van der Waals surface area (Å²) in [4.78, 5) is 7.44. The van der Waals surface area contributed by atoms with E-state index in [1.54, 1.807) is 4.31 Å². The number of anilines is 1. The fourth-order valence-electron chi connectivity index (χ4n) is 6.92. The minimum atomic E-state index is -3.54. The van der Waals surface area contributed by atoms with E-state index < -0.39 is 10.0 Å². The lowest BCUT2D eigenvalue weighted by atomic mass is 9.80. The molecular formula is C33H47N4O3S2+. The van der Waals surface area contributed by atoms with Crippen molar-refractivity contribution in [2.75, 3.05) is 43.1 Å². The monoisotopic (exact) mass is 611 g/mol. The van der Waals surface area contributed by atoms with Crippen LogP contribution in [0.25, 0.3) is 5.57 Å². The van der Waals surface area contributed by atoms with Gasteiger partial charge < -0.3 is 9.64 Å². The lowest BCUT2D eigenvalue weighted by molar-refractivity contribution is 0.392. The maximum absolute atomic E-state index is 13.7. The van der Waals surface area contributed by atoms with Gasteiger partial charge >= 0.3 is 0 Å². The van der Waals surface area contributed by atoms with E-state index in [1.807, 2.05) is 6.07 Å². The van der Waals surface area contributed by atoms with Crippen LogP contribution in [-0.2, 0) is 10.0 Å². The third kappa shape index (κ3) is 5.52. The molecular weight excluding hydrogens is 565 g/mol. The number of rotatable bonds is 9. The van der Waals surface area contributed by atoms with Crippen molar-refractivity contribution in [2.24, 2.45) is 4.99 Å². The number of sulfonamides is 1. The summed E-state index contributed by atoms with van der Waals surface area (Å²) in [5.41, 5.74) is 4.70. The summed E-state index contributed by atoms with van der Waals surface area (Å²) in [5, 5.41) is 1.71. The van der Waals surface area contributed by atoms with E-state index in [2.05, 4.69) is 102 Å². The molecule has 0 radical (unpaired) electrons. The van der Waals surface area contributed by atoms with Crippen LogP contribution >= 0.6 is 12.6 Å². The second kappa shape index (κ2) is 11.3. The van der Waals surface area contributed by atoms with E-state index >= 15 is 0 Å². The van der Waals surface area contributed by atoms with Crippen LogP contribution in [-0.4, -0.2) is 62.0 Å². The van der Waals surface area contributed by atoms with Gasteiger partial charge in [0, 0.05) is 57.0 Å². The molecule has 1 unspecified atom stereocenters. The third-order valence-electron chi connectivity index (χ3n) is 9.27. The van der Waals surface area contributed by atoms with Crippen molar-refractivity contribution in [3.05, 3.63) is 52.2 Å². The smallest absolute Gasteiger partial charge is 0.218 e. The molecule has 0 saturated heterocycles. The van der Waals surface area contributed by atoms with Crippen molar-refractivity contribution in [3.8, 4) is 11.5 Å². The Morgan fingerprint density at radius 2 is 1.86 bits per heavy atom. The van der Waals surface area contributed by atoms with Crippen molar-refractivity contribution in [2.45, 2.75) is 84.7 Å². The molecule has 0 spiro atoms. The Balaban J connectivity index is 1.64. The molecule has 9 heteroatoms. The first-order chi connectivity index (χ1) is 19.7. The zero-order chi connectivity index (χ0) is 30.6. The Morgan fingerprint density at radius 3 is 2.52 bits per heavy atom. The number of fused-ring (bicyclic) bond motifs is 4. The number of likely N-dealkylation sites (N-methyl/N-ethyl adjacent to an activating group) is 1. The van der Waals surface area contributed by atoms with E-state index in [-0.39, 0.29) is 16.8 Å². The van der Waals surface area contributed by atoms with E-state index in [0.29, 0.717) is 30.5 Å². The van der Waals surface area contributed by atoms with Gasteiger partial charge in [0.15, 0.2) is 17.0 Å². The number of ether oxygens (including phenoxy) is 1. The first-order valence-corrected chi connectivity index (χ1v) is 17.5. The number of nitrogens with zero attached hydrogens (tertiary/aromatic N) is 4. The van der Waals surface area contributed by atoms with Gasteiger partial charge in [-0.15, -0.1) is 0 Å². The van der Waals surface area contributed by atoms with Crippen LogP contribution in [0.4, 0.5) is 11.4 Å². The van der Waals surface area contributed by atoms with Gasteiger partial charge in [-0.2, -0.15) is 12.6 Å². The normalized spacial score (nSPS) is 20.1. The fraction of sp³-hybridized carbons (Fsp3) is 0.576. The highest BCUT2D eigenvalue weighted by molar-refractivity contribution is 7.89.